The van der Waals surface area contributed by atoms with E-state index >= 15 is 0 Å². The fourth-order valence-corrected chi connectivity index (χ4v) is 3.71. The van der Waals surface area contributed by atoms with Crippen LogP contribution in [0, 0.1) is 0 Å². The summed E-state index contributed by atoms with van der Waals surface area (Å²) in [6.45, 7) is 5.65. The van der Waals surface area contributed by atoms with Gasteiger partial charge in [0, 0.05) is 25.9 Å². The van der Waals surface area contributed by atoms with Crippen LogP contribution in [0.3, 0.4) is 0 Å². The minimum absolute atomic E-state index is 0.0234. The molecular weight excluding hydrogens is 332 g/mol. The Labute approximate surface area is 152 Å². The Morgan fingerprint density at radius 2 is 2.19 bits per heavy atom. The number of amides is 1. The second-order valence-corrected chi connectivity index (χ2v) is 7.13. The van der Waals surface area contributed by atoms with Crippen LogP contribution in [-0.2, 0) is 26.1 Å². The van der Waals surface area contributed by atoms with Gasteiger partial charge in [0.15, 0.2) is 5.78 Å². The maximum Gasteiger partial charge on any atom is 0.258 e. The predicted octanol–water partition coefficient (Wildman–Crippen LogP) is 2.10. The van der Waals surface area contributed by atoms with E-state index < -0.39 is 0 Å². The molecule has 1 aliphatic carbocycles. The fraction of sp³-hybridized carbons (Fsp3) is 0.526. The first kappa shape index (κ1) is 17.0. The first-order valence-electron chi connectivity index (χ1n) is 9.23. The van der Waals surface area contributed by atoms with Gasteiger partial charge in [0.25, 0.3) is 5.91 Å². The number of Topliss-reactive ketones (excluding diaryl/α,β-unsaturated/α-hetero) is 1. The summed E-state index contributed by atoms with van der Waals surface area (Å²) in [4.78, 5) is 29.2. The van der Waals surface area contributed by atoms with Crippen molar-refractivity contribution in [1.29, 1.82) is 0 Å². The van der Waals surface area contributed by atoms with E-state index in [1.807, 2.05) is 4.68 Å². The van der Waals surface area contributed by atoms with Crippen molar-refractivity contribution in [3.63, 3.8) is 0 Å². The number of hydrogen-bond donors (Lipinski definition) is 0. The monoisotopic (exact) mass is 356 g/mol. The first-order chi connectivity index (χ1) is 12.6. The summed E-state index contributed by atoms with van der Waals surface area (Å²) in [7, 11) is 2.06. The highest BCUT2D eigenvalue weighted by molar-refractivity contribution is 6.09. The van der Waals surface area contributed by atoms with Gasteiger partial charge in [-0.25, -0.2) is 0 Å². The molecule has 4 rings (SSSR count). The number of rotatable bonds is 4. The molecule has 0 unspecified atom stereocenters. The summed E-state index contributed by atoms with van der Waals surface area (Å²) in [5.74, 6) is 0.566. The van der Waals surface area contributed by atoms with E-state index in [2.05, 4.69) is 30.0 Å². The highest BCUT2D eigenvalue weighted by Gasteiger charge is 2.31. The lowest BCUT2D eigenvalue weighted by Gasteiger charge is -2.27. The van der Waals surface area contributed by atoms with E-state index in [4.69, 9.17) is 4.42 Å². The minimum Gasteiger partial charge on any atom is -0.468 e. The number of hydrogen-bond acceptors (Lipinski definition) is 5. The quantitative estimate of drug-likeness (QED) is 0.839. The van der Waals surface area contributed by atoms with Gasteiger partial charge in [-0.3, -0.25) is 14.3 Å². The molecule has 0 saturated heterocycles. The topological polar surface area (TPSA) is 71.6 Å². The van der Waals surface area contributed by atoms with Gasteiger partial charge in [-0.15, -0.1) is 0 Å². The number of furan rings is 1. The Bertz CT molecular complexity index is 851. The molecule has 0 bridgehead atoms. The van der Waals surface area contributed by atoms with E-state index in [0.717, 1.165) is 37.3 Å². The molecule has 2 aromatic rings. The average molecular weight is 356 g/mol. The largest absolute Gasteiger partial charge is 0.468 e. The second kappa shape index (κ2) is 6.72. The zero-order valence-electron chi connectivity index (χ0n) is 15.3. The predicted molar refractivity (Wildman–Crippen MR) is 95.0 cm³/mol. The lowest BCUT2D eigenvalue weighted by Crippen LogP contribution is -2.38. The zero-order chi connectivity index (χ0) is 18.3. The molecule has 0 fully saturated rings. The van der Waals surface area contributed by atoms with E-state index in [0.29, 0.717) is 42.9 Å². The van der Waals surface area contributed by atoms with Crippen LogP contribution in [0.25, 0.3) is 0 Å². The van der Waals surface area contributed by atoms with Crippen LogP contribution < -0.4 is 0 Å². The summed E-state index contributed by atoms with van der Waals surface area (Å²) in [5, 5.41) is 4.64. The van der Waals surface area contributed by atoms with Crippen LogP contribution in [0.2, 0.25) is 0 Å². The molecule has 0 N–H and O–H groups in total. The van der Waals surface area contributed by atoms with Gasteiger partial charge in [-0.2, -0.15) is 5.10 Å². The molecule has 1 aliphatic heterocycles. The Hall–Kier alpha value is -2.41. The Balaban J connectivity index is 1.53. The molecule has 1 amide bonds. The SMILES string of the molecule is CCN(C)Cc1cc2n(n1)CCN(C(=O)c1coc3c1C(=O)CCC3)C2. The third-order valence-corrected chi connectivity index (χ3v) is 5.29. The molecule has 138 valence electrons. The molecule has 26 heavy (non-hydrogen) atoms. The van der Waals surface area contributed by atoms with Crippen molar-refractivity contribution in [3.05, 3.63) is 40.6 Å². The molecule has 7 heteroatoms. The van der Waals surface area contributed by atoms with Gasteiger partial charge in [-0.05, 0) is 26.1 Å². The van der Waals surface area contributed by atoms with Gasteiger partial charge < -0.3 is 14.2 Å². The normalized spacial score (nSPS) is 16.7. The maximum atomic E-state index is 13.0. The van der Waals surface area contributed by atoms with Crippen LogP contribution in [-0.4, -0.2) is 51.4 Å². The fourth-order valence-electron chi connectivity index (χ4n) is 3.71. The van der Waals surface area contributed by atoms with Crippen molar-refractivity contribution in [1.82, 2.24) is 19.6 Å². The third-order valence-electron chi connectivity index (χ3n) is 5.29. The van der Waals surface area contributed by atoms with Crippen molar-refractivity contribution in [2.75, 3.05) is 20.1 Å². The Morgan fingerprint density at radius 3 is 3.00 bits per heavy atom. The molecule has 0 radical (unpaired) electrons. The van der Waals surface area contributed by atoms with Gasteiger partial charge >= 0.3 is 0 Å². The molecule has 0 atom stereocenters. The summed E-state index contributed by atoms with van der Waals surface area (Å²) in [6, 6.07) is 2.07. The van der Waals surface area contributed by atoms with Crippen molar-refractivity contribution in [2.45, 2.75) is 45.8 Å². The first-order valence-corrected chi connectivity index (χ1v) is 9.23. The van der Waals surface area contributed by atoms with Crippen LogP contribution in [0.4, 0.5) is 0 Å². The van der Waals surface area contributed by atoms with Gasteiger partial charge in [0.1, 0.15) is 12.0 Å². The van der Waals surface area contributed by atoms with E-state index in [1.54, 1.807) is 4.90 Å². The lowest BCUT2D eigenvalue weighted by atomic mass is 9.93. The second-order valence-electron chi connectivity index (χ2n) is 7.13. The minimum atomic E-state index is -0.120. The smallest absolute Gasteiger partial charge is 0.258 e. The van der Waals surface area contributed by atoms with Gasteiger partial charge in [-0.1, -0.05) is 6.92 Å². The molecule has 2 aliphatic rings. The Kier molecular flexibility index (Phi) is 4.40. The van der Waals surface area contributed by atoms with Crippen LogP contribution in [0.1, 0.15) is 57.6 Å². The average Bonchev–Trinajstić information content (AvgIpc) is 3.24. The highest BCUT2D eigenvalue weighted by Crippen LogP contribution is 2.28. The maximum absolute atomic E-state index is 13.0. The van der Waals surface area contributed by atoms with Gasteiger partial charge in [0.05, 0.1) is 35.6 Å². The van der Waals surface area contributed by atoms with Crippen LogP contribution in [0.15, 0.2) is 16.7 Å². The van der Waals surface area contributed by atoms with E-state index in [-0.39, 0.29) is 11.7 Å². The number of ketones is 1. The number of aryl methyl sites for hydroxylation is 1. The highest BCUT2D eigenvalue weighted by atomic mass is 16.3. The number of aromatic nitrogens is 2. The van der Waals surface area contributed by atoms with Crippen molar-refractivity contribution in [2.24, 2.45) is 0 Å². The summed E-state index contributed by atoms with van der Waals surface area (Å²) >= 11 is 0. The molecule has 3 heterocycles. The van der Waals surface area contributed by atoms with Crippen molar-refractivity contribution >= 4 is 11.7 Å². The number of carbonyl (C=O) groups excluding carboxylic acids is 2. The summed E-state index contributed by atoms with van der Waals surface area (Å²) < 4.78 is 7.49. The van der Waals surface area contributed by atoms with Gasteiger partial charge in [0.2, 0.25) is 0 Å². The summed E-state index contributed by atoms with van der Waals surface area (Å²) in [5.41, 5.74) is 2.98. The zero-order valence-corrected chi connectivity index (χ0v) is 15.3. The standard InChI is InChI=1S/C19H24N4O3/c1-3-21(2)10-13-9-14-11-22(7-8-23(14)20-13)19(25)15-12-26-17-6-4-5-16(24)18(15)17/h9,12H,3-8,10-11H2,1-2H3. The van der Waals surface area contributed by atoms with E-state index in [1.165, 1.54) is 6.26 Å². The molecule has 0 saturated carbocycles. The third kappa shape index (κ3) is 2.96. The van der Waals surface area contributed by atoms with Crippen molar-refractivity contribution < 1.29 is 14.0 Å². The molecule has 2 aromatic heterocycles. The molecule has 7 nitrogen and oxygen atoms in total. The Morgan fingerprint density at radius 1 is 1.35 bits per heavy atom. The van der Waals surface area contributed by atoms with Crippen molar-refractivity contribution in [3.8, 4) is 0 Å². The molecular formula is C19H24N4O3. The summed E-state index contributed by atoms with van der Waals surface area (Å²) in [6.07, 6.45) is 3.48. The molecule has 0 aromatic carbocycles. The van der Waals surface area contributed by atoms with E-state index in [9.17, 15) is 9.59 Å². The lowest BCUT2D eigenvalue weighted by molar-refractivity contribution is 0.0701. The molecule has 0 spiro atoms. The van der Waals surface area contributed by atoms with Crippen LogP contribution in [0.5, 0.6) is 0 Å². The van der Waals surface area contributed by atoms with Crippen LogP contribution >= 0.6 is 0 Å². The number of carbonyl (C=O) groups is 2. The number of nitrogens with zero attached hydrogens (tertiary/aromatic N) is 4. The number of fused-ring (bicyclic) bond motifs is 2.